The molecule has 0 bridgehead atoms. The van der Waals surface area contributed by atoms with Crippen molar-refractivity contribution >= 4 is 11.6 Å². The molecule has 1 amide bonds. The molecular formula is C23H23N3O2. The first-order valence-electron chi connectivity index (χ1n) is 9.33. The Morgan fingerprint density at radius 2 is 1.93 bits per heavy atom. The molecule has 2 aromatic carbocycles. The lowest BCUT2D eigenvalue weighted by Gasteiger charge is -2.40. The fraction of sp³-hybridized carbons (Fsp3) is 0.304. The van der Waals surface area contributed by atoms with Crippen molar-refractivity contribution in [3.8, 4) is 11.8 Å². The lowest BCUT2D eigenvalue weighted by Crippen LogP contribution is -2.42. The molecule has 0 radical (unpaired) electrons. The third kappa shape index (κ3) is 2.87. The molecule has 2 aliphatic rings. The summed E-state index contributed by atoms with van der Waals surface area (Å²) < 4.78 is 6.30. The van der Waals surface area contributed by atoms with Crippen molar-refractivity contribution in [1.29, 1.82) is 5.26 Å². The predicted molar refractivity (Wildman–Crippen MR) is 108 cm³/mol. The molecule has 0 atom stereocenters. The Hall–Kier alpha value is -3.10. The Morgan fingerprint density at radius 3 is 2.61 bits per heavy atom. The fourth-order valence-corrected chi connectivity index (χ4v) is 3.98. The largest absolute Gasteiger partial charge is 0.483 e. The van der Waals surface area contributed by atoms with Gasteiger partial charge in [-0.2, -0.15) is 5.26 Å². The average Bonchev–Trinajstić information content (AvgIpc) is 2.98. The molecule has 2 aliphatic heterocycles. The van der Waals surface area contributed by atoms with Crippen molar-refractivity contribution in [2.75, 3.05) is 20.6 Å². The van der Waals surface area contributed by atoms with Crippen LogP contribution in [0.1, 0.15) is 40.9 Å². The summed E-state index contributed by atoms with van der Waals surface area (Å²) in [6.07, 6.45) is 0. The van der Waals surface area contributed by atoms with Gasteiger partial charge in [0.25, 0.3) is 5.91 Å². The number of hydrogen-bond donors (Lipinski definition) is 0. The zero-order chi connectivity index (χ0) is 20.1. The van der Waals surface area contributed by atoms with E-state index in [-0.39, 0.29) is 5.91 Å². The summed E-state index contributed by atoms with van der Waals surface area (Å²) >= 11 is 0. The monoisotopic (exact) mass is 373 g/mol. The third-order valence-corrected chi connectivity index (χ3v) is 5.31. The van der Waals surface area contributed by atoms with E-state index in [1.54, 1.807) is 6.07 Å². The van der Waals surface area contributed by atoms with E-state index in [0.717, 1.165) is 28.0 Å². The number of carbonyl (C=O) groups is 1. The highest BCUT2D eigenvalue weighted by molar-refractivity contribution is 6.04. The van der Waals surface area contributed by atoms with Crippen LogP contribution in [0.15, 0.2) is 48.0 Å². The number of hydrogen-bond acceptors (Lipinski definition) is 4. The second-order valence-corrected chi connectivity index (χ2v) is 8.05. The molecular weight excluding hydrogens is 350 g/mol. The van der Waals surface area contributed by atoms with Crippen LogP contribution in [0.5, 0.6) is 5.75 Å². The summed E-state index contributed by atoms with van der Waals surface area (Å²) in [5, 5.41) is 9.40. The molecule has 0 unspecified atom stereocenters. The predicted octanol–water partition coefficient (Wildman–Crippen LogP) is 3.66. The maximum atomic E-state index is 13.3. The normalized spacial score (nSPS) is 17.3. The first kappa shape index (κ1) is 18.3. The van der Waals surface area contributed by atoms with Gasteiger partial charge in [0.05, 0.1) is 23.9 Å². The Labute approximate surface area is 165 Å². The van der Waals surface area contributed by atoms with Crippen LogP contribution in [0.25, 0.3) is 5.70 Å². The standard InChI is InChI=1S/C23H23N3O2/c1-23(2)19(14-25(3)4)21(18-11-15(12-24)9-10-20(18)28-23)26-13-16-7-5-6-8-17(16)22(26)27/h5-11H,13-14H2,1-4H3. The average molecular weight is 373 g/mol. The van der Waals surface area contributed by atoms with Crippen molar-refractivity contribution in [2.45, 2.75) is 26.0 Å². The maximum absolute atomic E-state index is 13.3. The number of nitriles is 1. The van der Waals surface area contributed by atoms with Crippen LogP contribution in [0, 0.1) is 11.3 Å². The van der Waals surface area contributed by atoms with Crippen LogP contribution < -0.4 is 4.74 Å². The second-order valence-electron chi connectivity index (χ2n) is 8.05. The minimum absolute atomic E-state index is 0.00660. The molecule has 0 N–H and O–H groups in total. The van der Waals surface area contributed by atoms with E-state index in [4.69, 9.17) is 4.74 Å². The van der Waals surface area contributed by atoms with E-state index in [1.165, 1.54) is 0 Å². The van der Waals surface area contributed by atoms with Crippen molar-refractivity contribution in [3.63, 3.8) is 0 Å². The summed E-state index contributed by atoms with van der Waals surface area (Å²) in [6.45, 7) is 5.23. The van der Waals surface area contributed by atoms with Gasteiger partial charge in [0, 0.05) is 23.2 Å². The van der Waals surface area contributed by atoms with Crippen LogP contribution in [0.3, 0.4) is 0 Å². The van der Waals surface area contributed by atoms with Gasteiger partial charge in [-0.05, 0) is 57.8 Å². The molecule has 0 aromatic heterocycles. The van der Waals surface area contributed by atoms with Crippen LogP contribution >= 0.6 is 0 Å². The summed E-state index contributed by atoms with van der Waals surface area (Å²) in [5.74, 6) is 0.693. The first-order valence-corrected chi connectivity index (χ1v) is 9.33. The number of ether oxygens (including phenoxy) is 1. The van der Waals surface area contributed by atoms with Crippen LogP contribution in [-0.4, -0.2) is 41.9 Å². The van der Waals surface area contributed by atoms with E-state index in [0.29, 0.717) is 24.4 Å². The van der Waals surface area contributed by atoms with E-state index in [1.807, 2.05) is 69.2 Å². The second kappa shape index (κ2) is 6.50. The highest BCUT2D eigenvalue weighted by Crippen LogP contribution is 2.45. The molecule has 0 saturated carbocycles. The van der Waals surface area contributed by atoms with Gasteiger partial charge in [-0.3, -0.25) is 4.79 Å². The lowest BCUT2D eigenvalue weighted by molar-refractivity contribution is 0.0840. The fourth-order valence-electron chi connectivity index (χ4n) is 3.98. The minimum atomic E-state index is -0.574. The van der Waals surface area contributed by atoms with Gasteiger partial charge in [0.1, 0.15) is 11.4 Å². The van der Waals surface area contributed by atoms with Gasteiger partial charge in [-0.1, -0.05) is 18.2 Å². The molecule has 0 spiro atoms. The number of nitrogens with zero attached hydrogens (tertiary/aromatic N) is 3. The van der Waals surface area contributed by atoms with Crippen molar-refractivity contribution in [3.05, 3.63) is 70.3 Å². The molecule has 4 rings (SSSR count). The molecule has 142 valence electrons. The summed E-state index contributed by atoms with van der Waals surface area (Å²) in [6, 6.07) is 15.3. The molecule has 2 heterocycles. The Bertz CT molecular complexity index is 1040. The highest BCUT2D eigenvalue weighted by atomic mass is 16.5. The first-order chi connectivity index (χ1) is 13.3. The number of benzene rings is 2. The summed E-state index contributed by atoms with van der Waals surface area (Å²) in [7, 11) is 4.00. The number of rotatable bonds is 3. The quantitative estimate of drug-likeness (QED) is 0.824. The highest BCUT2D eigenvalue weighted by Gasteiger charge is 2.41. The number of carbonyl (C=O) groups excluding carboxylic acids is 1. The van der Waals surface area contributed by atoms with E-state index in [2.05, 4.69) is 11.0 Å². The lowest BCUT2D eigenvalue weighted by atomic mass is 9.88. The van der Waals surface area contributed by atoms with Crippen LogP contribution in [-0.2, 0) is 6.54 Å². The number of fused-ring (bicyclic) bond motifs is 2. The van der Waals surface area contributed by atoms with Crippen molar-refractivity contribution in [1.82, 2.24) is 9.80 Å². The van der Waals surface area contributed by atoms with Crippen molar-refractivity contribution < 1.29 is 9.53 Å². The third-order valence-electron chi connectivity index (χ3n) is 5.31. The Kier molecular flexibility index (Phi) is 4.24. The Balaban J connectivity index is 1.95. The zero-order valence-electron chi connectivity index (χ0n) is 16.6. The van der Waals surface area contributed by atoms with E-state index in [9.17, 15) is 10.1 Å². The van der Waals surface area contributed by atoms with E-state index >= 15 is 0 Å². The molecule has 28 heavy (non-hydrogen) atoms. The van der Waals surface area contributed by atoms with Gasteiger partial charge in [-0.15, -0.1) is 0 Å². The molecule has 0 aliphatic carbocycles. The van der Waals surface area contributed by atoms with Gasteiger partial charge < -0.3 is 14.5 Å². The molecule has 0 fully saturated rings. The number of amides is 1. The van der Waals surface area contributed by atoms with Gasteiger partial charge in [0.2, 0.25) is 0 Å². The smallest absolute Gasteiger partial charge is 0.258 e. The molecule has 5 heteroatoms. The summed E-state index contributed by atoms with van der Waals surface area (Å²) in [5.41, 5.74) is 4.42. The molecule has 5 nitrogen and oxygen atoms in total. The summed E-state index contributed by atoms with van der Waals surface area (Å²) in [4.78, 5) is 17.2. The Morgan fingerprint density at radius 1 is 1.18 bits per heavy atom. The molecule has 0 saturated heterocycles. The van der Waals surface area contributed by atoms with Crippen molar-refractivity contribution in [2.24, 2.45) is 0 Å². The molecule has 2 aromatic rings. The van der Waals surface area contributed by atoms with Crippen LogP contribution in [0.4, 0.5) is 0 Å². The topological polar surface area (TPSA) is 56.6 Å². The van der Waals surface area contributed by atoms with Crippen LogP contribution in [0.2, 0.25) is 0 Å². The number of likely N-dealkylation sites (N-methyl/N-ethyl adjacent to an activating group) is 1. The van der Waals surface area contributed by atoms with Gasteiger partial charge in [0.15, 0.2) is 0 Å². The zero-order valence-corrected chi connectivity index (χ0v) is 16.6. The SMILES string of the molecule is CN(C)CC1=C(N2Cc3ccccc3C2=O)c2cc(C#N)ccc2OC1(C)C. The van der Waals surface area contributed by atoms with Gasteiger partial charge in [-0.25, -0.2) is 0 Å². The maximum Gasteiger partial charge on any atom is 0.258 e. The van der Waals surface area contributed by atoms with Gasteiger partial charge >= 0.3 is 0 Å². The minimum Gasteiger partial charge on any atom is -0.483 e. The van der Waals surface area contributed by atoms with E-state index < -0.39 is 5.60 Å².